The van der Waals surface area contributed by atoms with Crippen LogP contribution in [0.3, 0.4) is 0 Å². The zero-order chi connectivity index (χ0) is 21.8. The molecule has 3 aromatic rings. The number of allylic oxidation sites excluding steroid dienone is 1. The maximum Gasteiger partial charge on any atom is 0.226 e. The predicted molar refractivity (Wildman–Crippen MR) is 113 cm³/mol. The van der Waals surface area contributed by atoms with Gasteiger partial charge in [0.2, 0.25) is 5.88 Å². The van der Waals surface area contributed by atoms with Crippen LogP contribution in [0.15, 0.2) is 71.9 Å². The number of para-hydroxylation sites is 1. The Labute approximate surface area is 174 Å². The first-order chi connectivity index (χ1) is 14.6. The van der Waals surface area contributed by atoms with Crippen molar-refractivity contribution in [2.45, 2.75) is 6.92 Å². The Balaban J connectivity index is 0.000000222. The van der Waals surface area contributed by atoms with Gasteiger partial charge in [0.25, 0.3) is 0 Å². The van der Waals surface area contributed by atoms with Gasteiger partial charge in [0.05, 0.1) is 29.6 Å². The largest absolute Gasteiger partial charge is 0.439 e. The van der Waals surface area contributed by atoms with Crippen LogP contribution in [0.2, 0.25) is 0 Å². The normalized spacial score (nSPS) is 10.4. The second-order valence-corrected chi connectivity index (χ2v) is 5.92. The fraction of sp³-hybridized carbons (Fsp3) is 0.130. The lowest BCUT2D eigenvalue weighted by Gasteiger charge is -2.06. The smallest absolute Gasteiger partial charge is 0.226 e. The molecule has 2 aromatic carbocycles. The highest BCUT2D eigenvalue weighted by atomic mass is 19.1. The maximum absolute atomic E-state index is 12.9. The number of oxime groups is 1. The molecule has 0 saturated carbocycles. The van der Waals surface area contributed by atoms with Crippen molar-refractivity contribution in [3.63, 3.8) is 0 Å². The number of halogens is 1. The summed E-state index contributed by atoms with van der Waals surface area (Å²) in [5.74, 6) is 6.17. The van der Waals surface area contributed by atoms with Gasteiger partial charge in [-0.25, -0.2) is 9.07 Å². The van der Waals surface area contributed by atoms with E-state index in [-0.39, 0.29) is 12.4 Å². The molecule has 0 aliphatic carbocycles. The third-order valence-corrected chi connectivity index (χ3v) is 3.75. The van der Waals surface area contributed by atoms with Gasteiger partial charge < -0.3 is 15.1 Å². The van der Waals surface area contributed by atoms with Crippen LogP contribution in [0.4, 0.5) is 4.39 Å². The molecule has 1 heterocycles. The van der Waals surface area contributed by atoms with Crippen molar-refractivity contribution in [1.29, 1.82) is 0 Å². The van der Waals surface area contributed by atoms with Crippen LogP contribution >= 0.6 is 0 Å². The number of hydrogen-bond donors (Lipinski definition) is 2. The summed E-state index contributed by atoms with van der Waals surface area (Å²) in [6.45, 7) is 1.78. The molecule has 30 heavy (non-hydrogen) atoms. The molecule has 3 rings (SSSR count). The molecule has 1 aromatic heterocycles. The lowest BCUT2D eigenvalue weighted by atomic mass is 10.2. The predicted octanol–water partition coefficient (Wildman–Crippen LogP) is 4.05. The van der Waals surface area contributed by atoms with E-state index < -0.39 is 0 Å². The molecule has 0 aliphatic rings. The number of aromatic nitrogens is 2. The first-order valence-corrected chi connectivity index (χ1v) is 9.02. The maximum atomic E-state index is 12.9. The van der Waals surface area contributed by atoms with Crippen LogP contribution in [0.5, 0.6) is 11.6 Å². The number of nitrogens with zero attached hydrogens (tertiary/aromatic N) is 3. The lowest BCUT2D eigenvalue weighted by Crippen LogP contribution is -1.96. The van der Waals surface area contributed by atoms with Gasteiger partial charge in [-0.2, -0.15) is 5.10 Å². The van der Waals surface area contributed by atoms with E-state index in [1.54, 1.807) is 29.9 Å². The van der Waals surface area contributed by atoms with Crippen LogP contribution in [0, 0.1) is 24.6 Å². The fourth-order valence-corrected chi connectivity index (χ4v) is 2.37. The van der Waals surface area contributed by atoms with Crippen molar-refractivity contribution in [2.24, 2.45) is 12.2 Å². The van der Waals surface area contributed by atoms with Gasteiger partial charge in [0, 0.05) is 7.05 Å². The summed E-state index contributed by atoms with van der Waals surface area (Å²) in [6, 6.07) is 15.7. The van der Waals surface area contributed by atoms with Crippen molar-refractivity contribution in [2.75, 3.05) is 6.61 Å². The number of hydrogen-bond acceptors (Lipinski definition) is 5. The standard InChI is InChI=1S/C12H13N3O2.C11H9FO/c1-9-11(8-13-16)12(15(2)14-9)17-10-6-4-3-5-7-10;12-11-8-4-3-7-10(11)6-2-1-5-9-13/h3-8,16H,1-2H3;1,3-5,7-8,13H,9H2. The highest BCUT2D eigenvalue weighted by Gasteiger charge is 2.13. The van der Waals surface area contributed by atoms with Gasteiger partial charge >= 0.3 is 0 Å². The minimum Gasteiger partial charge on any atom is -0.439 e. The van der Waals surface area contributed by atoms with E-state index in [4.69, 9.17) is 15.1 Å². The van der Waals surface area contributed by atoms with Gasteiger partial charge in [0.15, 0.2) is 0 Å². The quantitative estimate of drug-likeness (QED) is 0.296. The van der Waals surface area contributed by atoms with Crippen molar-refractivity contribution < 1.29 is 19.4 Å². The molecule has 0 fully saturated rings. The van der Waals surface area contributed by atoms with E-state index in [9.17, 15) is 4.39 Å². The number of ether oxygens (including phenoxy) is 1. The van der Waals surface area contributed by atoms with Gasteiger partial charge in [0.1, 0.15) is 11.6 Å². The van der Waals surface area contributed by atoms with Gasteiger partial charge in [-0.1, -0.05) is 53.4 Å². The molecule has 7 heteroatoms. The van der Waals surface area contributed by atoms with Crippen LogP contribution in [-0.2, 0) is 7.05 Å². The number of aryl methyl sites for hydroxylation is 2. The van der Waals surface area contributed by atoms with Gasteiger partial charge in [-0.3, -0.25) is 0 Å². The van der Waals surface area contributed by atoms with E-state index in [0.717, 1.165) is 5.69 Å². The van der Waals surface area contributed by atoms with Crippen LogP contribution < -0.4 is 4.74 Å². The Morgan fingerprint density at radius 2 is 1.87 bits per heavy atom. The Hall–Kier alpha value is -3.89. The summed E-state index contributed by atoms with van der Waals surface area (Å²) < 4.78 is 20.2. The number of benzene rings is 2. The van der Waals surface area contributed by atoms with E-state index >= 15 is 0 Å². The Bertz CT molecular complexity index is 1060. The summed E-state index contributed by atoms with van der Waals surface area (Å²) >= 11 is 0. The zero-order valence-electron chi connectivity index (χ0n) is 16.7. The molecule has 6 nitrogen and oxygen atoms in total. The summed E-state index contributed by atoms with van der Waals surface area (Å²) in [5.41, 5.74) is 1.78. The molecular weight excluding hydrogens is 385 g/mol. The minimum absolute atomic E-state index is 0.0497. The number of rotatable bonds is 4. The molecule has 2 N–H and O–H groups in total. The molecule has 0 radical (unpaired) electrons. The van der Waals surface area contributed by atoms with Crippen LogP contribution in [0.1, 0.15) is 16.8 Å². The van der Waals surface area contributed by atoms with Crippen molar-refractivity contribution in [1.82, 2.24) is 9.78 Å². The molecule has 0 saturated heterocycles. The lowest BCUT2D eigenvalue weighted by molar-refractivity contribution is 0.321. The van der Waals surface area contributed by atoms with Crippen molar-refractivity contribution in [3.8, 4) is 23.5 Å². The van der Waals surface area contributed by atoms with Crippen molar-refractivity contribution in [3.05, 3.63) is 89.4 Å². The van der Waals surface area contributed by atoms with Crippen molar-refractivity contribution >= 4 is 6.21 Å². The van der Waals surface area contributed by atoms with E-state index in [0.29, 0.717) is 22.8 Å². The number of aliphatic hydroxyl groups excluding tert-OH is 1. The Morgan fingerprint density at radius 1 is 1.17 bits per heavy atom. The zero-order valence-corrected chi connectivity index (χ0v) is 16.7. The van der Waals surface area contributed by atoms with E-state index in [2.05, 4.69) is 22.1 Å². The summed E-state index contributed by atoms with van der Waals surface area (Å²) in [6.07, 6.45) is 4.31. The molecule has 0 amide bonds. The summed E-state index contributed by atoms with van der Waals surface area (Å²) in [4.78, 5) is 0. The molecule has 0 bridgehead atoms. The van der Waals surface area contributed by atoms with Gasteiger partial charge in [-0.05, 0) is 37.3 Å². The highest BCUT2D eigenvalue weighted by molar-refractivity contribution is 5.84. The topological polar surface area (TPSA) is 79.9 Å². The van der Waals surface area contributed by atoms with Crippen LogP contribution in [-0.4, -0.2) is 32.9 Å². The monoisotopic (exact) mass is 407 g/mol. The van der Waals surface area contributed by atoms with E-state index in [1.807, 2.05) is 37.3 Å². The Kier molecular flexibility index (Phi) is 8.84. The number of aliphatic hydroxyl groups is 1. The molecule has 0 spiro atoms. The third-order valence-electron chi connectivity index (χ3n) is 3.75. The fourth-order valence-electron chi connectivity index (χ4n) is 2.37. The minimum atomic E-state index is -0.326. The van der Waals surface area contributed by atoms with E-state index in [1.165, 1.54) is 24.4 Å². The van der Waals surface area contributed by atoms with Crippen LogP contribution in [0.25, 0.3) is 0 Å². The molecule has 154 valence electrons. The van der Waals surface area contributed by atoms with Gasteiger partial charge in [-0.15, -0.1) is 0 Å². The SMILES string of the molecule is Cc1nn(C)c(Oc2ccccc2)c1C=NO.OCC=CC#Cc1ccccc1F. The molecule has 0 aliphatic heterocycles. The second kappa shape index (κ2) is 11.8. The average Bonchev–Trinajstić information content (AvgIpc) is 3.01. The molecular formula is C23H22FN3O3. The summed E-state index contributed by atoms with van der Waals surface area (Å²) in [5, 5.41) is 24.2. The molecule has 0 unspecified atom stereocenters. The highest BCUT2D eigenvalue weighted by Crippen LogP contribution is 2.25. The summed E-state index contributed by atoms with van der Waals surface area (Å²) in [7, 11) is 1.78. The third kappa shape index (κ3) is 6.62. The second-order valence-electron chi connectivity index (χ2n) is 5.92. The average molecular weight is 407 g/mol. The first-order valence-electron chi connectivity index (χ1n) is 9.02. The first kappa shape index (κ1) is 22.4. The Morgan fingerprint density at radius 3 is 2.53 bits per heavy atom. The molecule has 0 atom stereocenters.